The molecule has 1 aliphatic rings. The summed E-state index contributed by atoms with van der Waals surface area (Å²) in [5, 5.41) is 9.24. The molecule has 3 heterocycles. The first-order valence-electron chi connectivity index (χ1n) is 12.1. The zero-order chi connectivity index (χ0) is 24.5. The molecule has 1 aliphatic heterocycles. The lowest BCUT2D eigenvalue weighted by molar-refractivity contribution is -0.131. The largest absolute Gasteiger partial charge is 0.364 e. The number of aromatic nitrogens is 3. The van der Waals surface area contributed by atoms with E-state index < -0.39 is 0 Å². The van der Waals surface area contributed by atoms with E-state index in [0.29, 0.717) is 6.54 Å². The van der Waals surface area contributed by atoms with Crippen molar-refractivity contribution in [2.24, 2.45) is 0 Å². The number of hydrogen-bond donors (Lipinski definition) is 1. The van der Waals surface area contributed by atoms with E-state index in [-0.39, 0.29) is 11.4 Å². The number of nitrogens with zero attached hydrogens (tertiary/aromatic N) is 6. The van der Waals surface area contributed by atoms with Crippen LogP contribution in [-0.4, -0.2) is 82.2 Å². The van der Waals surface area contributed by atoms with Gasteiger partial charge in [-0.25, -0.2) is 4.98 Å². The number of piperazine rings is 1. The summed E-state index contributed by atoms with van der Waals surface area (Å²) < 4.78 is 1.88. The van der Waals surface area contributed by atoms with E-state index in [0.717, 1.165) is 66.3 Å². The van der Waals surface area contributed by atoms with Gasteiger partial charge in [-0.2, -0.15) is 4.52 Å². The first-order chi connectivity index (χ1) is 16.1. The highest BCUT2D eigenvalue weighted by Gasteiger charge is 2.25. The predicted molar refractivity (Wildman–Crippen MR) is 141 cm³/mol. The van der Waals surface area contributed by atoms with E-state index in [4.69, 9.17) is 10.1 Å². The SMILES string of the molecule is CCCN1CCN(C(=O)CN(C)c2nn3c(NC(C)(C)C)c(-c4cccc(C)c4)nc3s2)CC1. The van der Waals surface area contributed by atoms with Gasteiger partial charge in [0.15, 0.2) is 5.82 Å². The number of anilines is 2. The lowest BCUT2D eigenvalue weighted by atomic mass is 10.1. The van der Waals surface area contributed by atoms with Crippen molar-refractivity contribution in [3.8, 4) is 11.3 Å². The molecule has 0 radical (unpaired) electrons. The first kappa shape index (κ1) is 24.5. The van der Waals surface area contributed by atoms with Crippen molar-refractivity contribution in [2.45, 2.75) is 46.6 Å². The van der Waals surface area contributed by atoms with Crippen molar-refractivity contribution in [3.63, 3.8) is 0 Å². The molecule has 1 aromatic carbocycles. The van der Waals surface area contributed by atoms with Crippen molar-refractivity contribution < 1.29 is 4.79 Å². The summed E-state index contributed by atoms with van der Waals surface area (Å²) in [5.74, 6) is 1.03. The van der Waals surface area contributed by atoms with Gasteiger partial charge >= 0.3 is 0 Å². The summed E-state index contributed by atoms with van der Waals surface area (Å²) in [6.45, 7) is 15.6. The van der Waals surface area contributed by atoms with Crippen molar-refractivity contribution in [1.29, 1.82) is 0 Å². The summed E-state index contributed by atoms with van der Waals surface area (Å²) in [7, 11) is 1.93. The van der Waals surface area contributed by atoms with Gasteiger partial charge in [0, 0.05) is 44.3 Å². The topological polar surface area (TPSA) is 69.0 Å². The van der Waals surface area contributed by atoms with Crippen LogP contribution in [0.3, 0.4) is 0 Å². The molecule has 2 aromatic heterocycles. The highest BCUT2D eigenvalue weighted by Crippen LogP contribution is 2.34. The van der Waals surface area contributed by atoms with Gasteiger partial charge < -0.3 is 15.1 Å². The normalized spacial score (nSPS) is 15.2. The minimum Gasteiger partial charge on any atom is -0.364 e. The van der Waals surface area contributed by atoms with Crippen molar-refractivity contribution in [1.82, 2.24) is 24.4 Å². The molecule has 3 aromatic rings. The lowest BCUT2D eigenvalue weighted by Gasteiger charge is -2.35. The molecule has 184 valence electrons. The van der Waals surface area contributed by atoms with Crippen LogP contribution in [0.1, 0.15) is 39.7 Å². The van der Waals surface area contributed by atoms with Gasteiger partial charge in [-0.1, -0.05) is 42.0 Å². The van der Waals surface area contributed by atoms with Crippen LogP contribution >= 0.6 is 11.3 Å². The lowest BCUT2D eigenvalue weighted by Crippen LogP contribution is -2.51. The number of carbonyl (C=O) groups excluding carboxylic acids is 1. The molecule has 0 aliphatic carbocycles. The second-order valence-electron chi connectivity index (χ2n) is 10.2. The van der Waals surface area contributed by atoms with Gasteiger partial charge in [-0.15, -0.1) is 5.10 Å². The van der Waals surface area contributed by atoms with E-state index in [1.807, 2.05) is 21.4 Å². The van der Waals surface area contributed by atoms with E-state index in [1.165, 1.54) is 16.9 Å². The highest BCUT2D eigenvalue weighted by atomic mass is 32.1. The van der Waals surface area contributed by atoms with E-state index in [9.17, 15) is 4.79 Å². The van der Waals surface area contributed by atoms with Gasteiger partial charge in [-0.3, -0.25) is 9.69 Å². The maximum atomic E-state index is 12.9. The third-order valence-electron chi connectivity index (χ3n) is 5.94. The molecular formula is C25H37N7OS. The Morgan fingerprint density at radius 3 is 2.59 bits per heavy atom. The van der Waals surface area contributed by atoms with Gasteiger partial charge in [0.2, 0.25) is 16.0 Å². The van der Waals surface area contributed by atoms with Crippen LogP contribution in [0.4, 0.5) is 10.9 Å². The Bertz CT molecular complexity index is 1140. The fourth-order valence-corrected chi connectivity index (χ4v) is 5.12. The minimum absolute atomic E-state index is 0.153. The molecule has 0 spiro atoms. The van der Waals surface area contributed by atoms with E-state index >= 15 is 0 Å². The summed E-state index contributed by atoms with van der Waals surface area (Å²) in [6, 6.07) is 8.37. The number of hydrogen-bond acceptors (Lipinski definition) is 7. The van der Waals surface area contributed by atoms with Crippen LogP contribution in [-0.2, 0) is 4.79 Å². The van der Waals surface area contributed by atoms with Crippen molar-refractivity contribution in [2.75, 3.05) is 56.5 Å². The average molecular weight is 484 g/mol. The number of rotatable bonds is 7. The van der Waals surface area contributed by atoms with Crippen LogP contribution in [0, 0.1) is 6.92 Å². The number of aryl methyl sites for hydroxylation is 1. The molecule has 1 N–H and O–H groups in total. The molecule has 0 atom stereocenters. The molecular weight excluding hydrogens is 446 g/mol. The maximum Gasteiger partial charge on any atom is 0.242 e. The standard InChI is InChI=1S/C25H37N7OS/c1-7-11-30-12-14-31(15-13-30)20(33)17-29(6)24-28-32-22(27-25(3,4)5)21(26-23(32)34-24)19-10-8-9-18(2)16-19/h8-10,16,27H,7,11-15,17H2,1-6H3. The quantitative estimate of drug-likeness (QED) is 0.549. The molecule has 0 bridgehead atoms. The molecule has 9 heteroatoms. The maximum absolute atomic E-state index is 12.9. The number of likely N-dealkylation sites (N-methyl/N-ethyl adjacent to an activating group) is 1. The molecule has 1 saturated heterocycles. The second-order valence-corrected chi connectivity index (χ2v) is 11.1. The Labute approximate surface area is 206 Å². The number of carbonyl (C=O) groups is 1. The number of amides is 1. The third-order valence-corrected chi connectivity index (χ3v) is 6.96. The van der Waals surface area contributed by atoms with E-state index in [2.05, 4.69) is 69.1 Å². The Morgan fingerprint density at radius 2 is 1.94 bits per heavy atom. The van der Waals surface area contributed by atoms with Crippen molar-refractivity contribution >= 4 is 33.2 Å². The Kier molecular flexibility index (Phi) is 7.14. The second kappa shape index (κ2) is 9.92. The number of imidazole rings is 1. The molecule has 8 nitrogen and oxygen atoms in total. The number of fused-ring (bicyclic) bond motifs is 1. The summed E-state index contributed by atoms with van der Waals surface area (Å²) in [4.78, 5) is 25.0. The molecule has 34 heavy (non-hydrogen) atoms. The molecule has 0 unspecified atom stereocenters. The number of nitrogens with one attached hydrogen (secondary N) is 1. The third kappa shape index (κ3) is 5.52. The summed E-state index contributed by atoms with van der Waals surface area (Å²) in [6.07, 6.45) is 1.15. The summed E-state index contributed by atoms with van der Waals surface area (Å²) in [5.41, 5.74) is 3.00. The predicted octanol–water partition coefficient (Wildman–Crippen LogP) is 3.97. The van der Waals surface area contributed by atoms with E-state index in [1.54, 1.807) is 0 Å². The van der Waals surface area contributed by atoms with Gasteiger partial charge in [0.1, 0.15) is 5.69 Å². The minimum atomic E-state index is -0.153. The van der Waals surface area contributed by atoms with Gasteiger partial charge in [0.05, 0.1) is 6.54 Å². The van der Waals surface area contributed by atoms with Crippen LogP contribution in [0.25, 0.3) is 16.2 Å². The van der Waals surface area contributed by atoms with Crippen LogP contribution < -0.4 is 10.2 Å². The Balaban J connectivity index is 1.54. The Hall–Kier alpha value is -2.65. The fraction of sp³-hybridized carbons (Fsp3) is 0.560. The molecule has 0 saturated carbocycles. The molecule has 1 fully saturated rings. The fourth-order valence-electron chi connectivity index (χ4n) is 4.26. The Morgan fingerprint density at radius 1 is 1.21 bits per heavy atom. The zero-order valence-corrected chi connectivity index (χ0v) is 22.1. The van der Waals surface area contributed by atoms with Gasteiger partial charge in [0.25, 0.3) is 0 Å². The van der Waals surface area contributed by atoms with Crippen LogP contribution in [0.2, 0.25) is 0 Å². The van der Waals surface area contributed by atoms with Crippen LogP contribution in [0.5, 0.6) is 0 Å². The molecule has 4 rings (SSSR count). The van der Waals surface area contributed by atoms with Crippen LogP contribution in [0.15, 0.2) is 24.3 Å². The average Bonchev–Trinajstić information content (AvgIpc) is 3.33. The first-order valence-corrected chi connectivity index (χ1v) is 12.9. The zero-order valence-electron chi connectivity index (χ0n) is 21.3. The molecule has 1 amide bonds. The van der Waals surface area contributed by atoms with Gasteiger partial charge in [-0.05, 0) is 46.7 Å². The smallest absolute Gasteiger partial charge is 0.242 e. The monoisotopic (exact) mass is 483 g/mol. The summed E-state index contributed by atoms with van der Waals surface area (Å²) >= 11 is 1.51. The van der Waals surface area contributed by atoms with Crippen molar-refractivity contribution in [3.05, 3.63) is 29.8 Å². The highest BCUT2D eigenvalue weighted by molar-refractivity contribution is 7.20. The number of benzene rings is 1.